The van der Waals surface area contributed by atoms with Crippen LogP contribution in [0, 0.1) is 0 Å². The molecule has 0 unspecified atom stereocenters. The average molecular weight is 299 g/mol. The number of fused-ring (bicyclic) bond motifs is 1. The number of aromatic amines is 1. The molecule has 3 aromatic rings. The molecule has 0 radical (unpaired) electrons. The highest BCUT2D eigenvalue weighted by molar-refractivity contribution is 7.12. The van der Waals surface area contributed by atoms with Crippen LogP contribution in [0.2, 0.25) is 0 Å². The van der Waals surface area contributed by atoms with Gasteiger partial charge in [0.2, 0.25) is 5.91 Å². The van der Waals surface area contributed by atoms with E-state index in [9.17, 15) is 9.59 Å². The van der Waals surface area contributed by atoms with Gasteiger partial charge in [-0.05, 0) is 17.5 Å². The molecular weight excluding hydrogens is 286 g/mol. The van der Waals surface area contributed by atoms with Crippen LogP contribution in [0.5, 0.6) is 0 Å². The zero-order chi connectivity index (χ0) is 14.7. The van der Waals surface area contributed by atoms with Crippen LogP contribution in [0.1, 0.15) is 22.5 Å². The lowest BCUT2D eigenvalue weighted by atomic mass is 10.1. The fourth-order valence-corrected chi connectivity index (χ4v) is 2.77. The lowest BCUT2D eigenvalue weighted by molar-refractivity contribution is -0.116. The van der Waals surface area contributed by atoms with Crippen LogP contribution in [0.25, 0.3) is 10.9 Å². The van der Waals surface area contributed by atoms with Gasteiger partial charge in [0.1, 0.15) is 0 Å². The first-order chi connectivity index (χ1) is 10.2. The van der Waals surface area contributed by atoms with E-state index < -0.39 is 0 Å². The van der Waals surface area contributed by atoms with Crippen molar-refractivity contribution < 1.29 is 9.59 Å². The van der Waals surface area contributed by atoms with Crippen molar-refractivity contribution in [3.63, 3.8) is 0 Å². The summed E-state index contributed by atoms with van der Waals surface area (Å²) in [6.07, 6.45) is 2.08. The van der Waals surface area contributed by atoms with Gasteiger partial charge in [-0.1, -0.05) is 18.2 Å². The van der Waals surface area contributed by atoms with Crippen molar-refractivity contribution in [3.8, 4) is 0 Å². The summed E-state index contributed by atoms with van der Waals surface area (Å²) in [5.74, 6) is -0.179. The fourth-order valence-electron chi connectivity index (χ4n) is 2.07. The Hall–Kier alpha value is -2.47. The van der Waals surface area contributed by atoms with Gasteiger partial charge in [-0.25, -0.2) is 0 Å². The summed E-state index contributed by atoms with van der Waals surface area (Å²) in [5, 5.41) is 12.4. The molecule has 0 saturated heterocycles. The van der Waals surface area contributed by atoms with E-state index in [0.29, 0.717) is 10.6 Å². The zero-order valence-electron chi connectivity index (χ0n) is 11.1. The molecule has 3 rings (SSSR count). The summed E-state index contributed by atoms with van der Waals surface area (Å²) in [6, 6.07) is 9.17. The highest BCUT2D eigenvalue weighted by Gasteiger charge is 2.11. The minimum atomic E-state index is -0.179. The second kappa shape index (κ2) is 5.88. The number of H-pyrrole nitrogens is 1. The Morgan fingerprint density at radius 3 is 2.90 bits per heavy atom. The number of hydrogen-bond acceptors (Lipinski definition) is 4. The van der Waals surface area contributed by atoms with Crippen LogP contribution in [0.3, 0.4) is 0 Å². The number of amides is 1. The first-order valence-electron chi connectivity index (χ1n) is 6.53. The van der Waals surface area contributed by atoms with Crippen LogP contribution in [0.15, 0.2) is 41.9 Å². The number of carbonyl (C=O) groups excluding carboxylic acids is 2. The molecule has 0 aliphatic carbocycles. The zero-order valence-corrected chi connectivity index (χ0v) is 11.9. The lowest BCUT2D eigenvalue weighted by Gasteiger charge is -2.05. The number of aromatic nitrogens is 2. The average Bonchev–Trinajstić information content (AvgIpc) is 3.16. The van der Waals surface area contributed by atoms with Crippen LogP contribution < -0.4 is 5.32 Å². The van der Waals surface area contributed by atoms with E-state index in [4.69, 9.17) is 0 Å². The quantitative estimate of drug-likeness (QED) is 0.710. The van der Waals surface area contributed by atoms with Gasteiger partial charge in [-0.2, -0.15) is 5.10 Å². The molecule has 0 saturated carbocycles. The van der Waals surface area contributed by atoms with E-state index in [1.165, 1.54) is 11.3 Å². The van der Waals surface area contributed by atoms with Gasteiger partial charge < -0.3 is 5.32 Å². The number of nitrogens with zero attached hydrogens (tertiary/aromatic N) is 1. The largest absolute Gasteiger partial charge is 0.324 e. The van der Waals surface area contributed by atoms with Crippen molar-refractivity contribution in [1.82, 2.24) is 10.2 Å². The molecule has 1 amide bonds. The van der Waals surface area contributed by atoms with E-state index in [0.717, 1.165) is 10.9 Å². The highest BCUT2D eigenvalue weighted by atomic mass is 32.1. The van der Waals surface area contributed by atoms with Gasteiger partial charge >= 0.3 is 0 Å². The molecule has 1 aromatic carbocycles. The summed E-state index contributed by atoms with van der Waals surface area (Å²) in [4.78, 5) is 24.5. The van der Waals surface area contributed by atoms with Crippen molar-refractivity contribution in [2.45, 2.75) is 12.8 Å². The molecule has 21 heavy (non-hydrogen) atoms. The molecule has 0 aliphatic heterocycles. The molecule has 0 aliphatic rings. The van der Waals surface area contributed by atoms with Gasteiger partial charge in [0.25, 0.3) is 0 Å². The SMILES string of the molecule is O=C(CCC(=O)c1cccs1)Nc1cccc2cn[nH]c12. The fraction of sp³-hybridized carbons (Fsp3) is 0.133. The van der Waals surface area contributed by atoms with Gasteiger partial charge in [-0.15, -0.1) is 11.3 Å². The minimum Gasteiger partial charge on any atom is -0.324 e. The smallest absolute Gasteiger partial charge is 0.224 e. The first-order valence-corrected chi connectivity index (χ1v) is 7.40. The van der Waals surface area contributed by atoms with Gasteiger partial charge in [0.15, 0.2) is 5.78 Å². The van der Waals surface area contributed by atoms with Gasteiger partial charge in [0.05, 0.1) is 22.3 Å². The highest BCUT2D eigenvalue weighted by Crippen LogP contribution is 2.21. The third-order valence-electron chi connectivity index (χ3n) is 3.13. The number of benzene rings is 1. The molecule has 5 nitrogen and oxygen atoms in total. The number of nitrogens with one attached hydrogen (secondary N) is 2. The van der Waals surface area contributed by atoms with Crippen molar-refractivity contribution in [2.75, 3.05) is 5.32 Å². The Morgan fingerprint density at radius 1 is 1.19 bits per heavy atom. The number of rotatable bonds is 5. The van der Waals surface area contributed by atoms with Crippen molar-refractivity contribution >= 4 is 39.6 Å². The molecule has 0 bridgehead atoms. The molecule has 2 heterocycles. The van der Waals surface area contributed by atoms with E-state index >= 15 is 0 Å². The maximum Gasteiger partial charge on any atom is 0.224 e. The predicted molar refractivity (Wildman–Crippen MR) is 82.6 cm³/mol. The van der Waals surface area contributed by atoms with E-state index in [2.05, 4.69) is 15.5 Å². The molecular formula is C15H13N3O2S. The summed E-state index contributed by atoms with van der Waals surface area (Å²) in [7, 11) is 0. The number of carbonyl (C=O) groups is 2. The standard InChI is InChI=1S/C15H13N3O2S/c19-12(13-5-2-8-21-13)6-7-14(20)17-11-4-1-3-10-9-16-18-15(10)11/h1-5,8-9H,6-7H2,(H,16,18)(H,17,20). The minimum absolute atomic E-state index is 0.0000936. The maximum atomic E-state index is 12.0. The van der Waals surface area contributed by atoms with Crippen LogP contribution >= 0.6 is 11.3 Å². The Morgan fingerprint density at radius 2 is 2.10 bits per heavy atom. The van der Waals surface area contributed by atoms with Crippen LogP contribution in [0.4, 0.5) is 5.69 Å². The number of Topliss-reactive ketones (excluding diaryl/α,β-unsaturated/α-hetero) is 1. The summed E-state index contributed by atoms with van der Waals surface area (Å²) in [6.45, 7) is 0. The Balaban J connectivity index is 1.62. The Labute approximate surface area is 125 Å². The van der Waals surface area contributed by atoms with Crippen molar-refractivity contribution in [3.05, 3.63) is 46.8 Å². The summed E-state index contributed by atoms with van der Waals surface area (Å²) in [5.41, 5.74) is 1.47. The summed E-state index contributed by atoms with van der Waals surface area (Å²) < 4.78 is 0. The lowest BCUT2D eigenvalue weighted by Crippen LogP contribution is -2.13. The number of ketones is 1. The first kappa shape index (κ1) is 13.5. The molecule has 106 valence electrons. The molecule has 0 atom stereocenters. The molecule has 0 spiro atoms. The predicted octanol–water partition coefficient (Wildman–Crippen LogP) is 3.23. The van der Waals surface area contributed by atoms with Crippen molar-refractivity contribution in [2.24, 2.45) is 0 Å². The van der Waals surface area contributed by atoms with Crippen LogP contribution in [-0.4, -0.2) is 21.9 Å². The third kappa shape index (κ3) is 3.00. The number of para-hydroxylation sites is 1. The Bertz CT molecular complexity index is 777. The monoisotopic (exact) mass is 299 g/mol. The Kier molecular flexibility index (Phi) is 3.79. The van der Waals surface area contributed by atoms with E-state index in [-0.39, 0.29) is 24.5 Å². The third-order valence-corrected chi connectivity index (χ3v) is 4.04. The van der Waals surface area contributed by atoms with E-state index in [1.54, 1.807) is 18.3 Å². The van der Waals surface area contributed by atoms with Gasteiger partial charge in [-0.3, -0.25) is 14.7 Å². The number of thiophene rings is 1. The number of anilines is 1. The number of hydrogen-bond donors (Lipinski definition) is 2. The van der Waals surface area contributed by atoms with E-state index in [1.807, 2.05) is 23.6 Å². The summed E-state index contributed by atoms with van der Waals surface area (Å²) >= 11 is 1.40. The maximum absolute atomic E-state index is 12.0. The normalized spacial score (nSPS) is 10.7. The second-order valence-electron chi connectivity index (χ2n) is 4.59. The van der Waals surface area contributed by atoms with Crippen LogP contribution in [-0.2, 0) is 4.79 Å². The molecule has 6 heteroatoms. The topological polar surface area (TPSA) is 74.8 Å². The van der Waals surface area contributed by atoms with Crippen molar-refractivity contribution in [1.29, 1.82) is 0 Å². The second-order valence-corrected chi connectivity index (χ2v) is 5.54. The van der Waals surface area contributed by atoms with Gasteiger partial charge in [0, 0.05) is 18.2 Å². The molecule has 2 N–H and O–H groups in total. The molecule has 2 aromatic heterocycles. The molecule has 0 fully saturated rings.